The Morgan fingerprint density at radius 2 is 2.16 bits per heavy atom. The Morgan fingerprint density at radius 3 is 2.84 bits per heavy atom. The largest absolute Gasteiger partial charge is 0.494 e. The van der Waals surface area contributed by atoms with Gasteiger partial charge in [-0.3, -0.25) is 0 Å². The van der Waals surface area contributed by atoms with Crippen LogP contribution in [0.1, 0.15) is 32.1 Å². The van der Waals surface area contributed by atoms with E-state index in [2.05, 4.69) is 28.3 Å². The molecule has 0 aromatic heterocycles. The first kappa shape index (κ1) is 14.9. The van der Waals surface area contributed by atoms with Crippen LogP contribution < -0.4 is 10.1 Å². The smallest absolute Gasteiger partial charge is 0.120 e. The zero-order valence-corrected chi connectivity index (χ0v) is 13.3. The van der Waals surface area contributed by atoms with Crippen molar-refractivity contribution in [2.45, 2.75) is 32.1 Å². The lowest BCUT2D eigenvalue weighted by Gasteiger charge is -2.23. The SMILES string of the molecule is CNCC(CCOc1cccc(Br)c1)C1CCCC1. The molecule has 0 radical (unpaired) electrons. The van der Waals surface area contributed by atoms with Crippen molar-refractivity contribution < 1.29 is 4.74 Å². The first-order valence-electron chi connectivity index (χ1n) is 7.32. The van der Waals surface area contributed by atoms with Crippen molar-refractivity contribution in [3.8, 4) is 5.75 Å². The maximum atomic E-state index is 5.87. The molecule has 0 aliphatic heterocycles. The summed E-state index contributed by atoms with van der Waals surface area (Å²) in [5.74, 6) is 2.63. The molecule has 1 unspecified atom stereocenters. The first-order valence-corrected chi connectivity index (χ1v) is 8.12. The maximum absolute atomic E-state index is 5.87. The van der Waals surface area contributed by atoms with Crippen LogP contribution in [0.3, 0.4) is 0 Å². The summed E-state index contributed by atoms with van der Waals surface area (Å²) in [6.07, 6.45) is 6.79. The van der Waals surface area contributed by atoms with Crippen LogP contribution in [0.2, 0.25) is 0 Å². The molecule has 0 spiro atoms. The van der Waals surface area contributed by atoms with E-state index >= 15 is 0 Å². The Morgan fingerprint density at radius 1 is 1.37 bits per heavy atom. The number of halogens is 1. The number of ether oxygens (including phenoxy) is 1. The summed E-state index contributed by atoms with van der Waals surface area (Å²) in [6.45, 7) is 1.94. The van der Waals surface area contributed by atoms with Gasteiger partial charge in [-0.15, -0.1) is 0 Å². The molecule has 2 nitrogen and oxygen atoms in total. The van der Waals surface area contributed by atoms with E-state index in [0.29, 0.717) is 0 Å². The van der Waals surface area contributed by atoms with E-state index in [0.717, 1.165) is 41.6 Å². The van der Waals surface area contributed by atoms with Crippen LogP contribution in [-0.4, -0.2) is 20.2 Å². The van der Waals surface area contributed by atoms with Crippen molar-refractivity contribution in [3.63, 3.8) is 0 Å². The average molecular weight is 326 g/mol. The van der Waals surface area contributed by atoms with E-state index in [4.69, 9.17) is 4.74 Å². The second kappa shape index (κ2) is 7.91. The molecule has 0 saturated heterocycles. The van der Waals surface area contributed by atoms with Gasteiger partial charge in [0, 0.05) is 4.47 Å². The lowest BCUT2D eigenvalue weighted by atomic mass is 9.88. The fourth-order valence-corrected chi connectivity index (χ4v) is 3.46. The molecule has 1 aromatic rings. The molecule has 2 rings (SSSR count). The Kier molecular flexibility index (Phi) is 6.18. The third kappa shape index (κ3) is 4.81. The Hall–Kier alpha value is -0.540. The van der Waals surface area contributed by atoms with Crippen molar-refractivity contribution in [3.05, 3.63) is 28.7 Å². The van der Waals surface area contributed by atoms with Gasteiger partial charge in [0.1, 0.15) is 5.75 Å². The van der Waals surface area contributed by atoms with Gasteiger partial charge >= 0.3 is 0 Å². The molecular weight excluding hydrogens is 302 g/mol. The van der Waals surface area contributed by atoms with Gasteiger partial charge in [-0.25, -0.2) is 0 Å². The Balaban J connectivity index is 1.78. The maximum Gasteiger partial charge on any atom is 0.120 e. The van der Waals surface area contributed by atoms with E-state index in [1.54, 1.807) is 0 Å². The zero-order chi connectivity index (χ0) is 13.5. The molecule has 0 amide bonds. The van der Waals surface area contributed by atoms with Gasteiger partial charge in [-0.2, -0.15) is 0 Å². The number of hydrogen-bond donors (Lipinski definition) is 1. The van der Waals surface area contributed by atoms with E-state index in [9.17, 15) is 0 Å². The van der Waals surface area contributed by atoms with E-state index in [-0.39, 0.29) is 0 Å². The van der Waals surface area contributed by atoms with Gasteiger partial charge in [0.05, 0.1) is 6.61 Å². The fraction of sp³-hybridized carbons (Fsp3) is 0.625. The van der Waals surface area contributed by atoms with Gasteiger partial charge in [0.25, 0.3) is 0 Å². The highest BCUT2D eigenvalue weighted by Crippen LogP contribution is 2.33. The summed E-state index contributed by atoms with van der Waals surface area (Å²) in [6, 6.07) is 8.09. The Bertz CT molecular complexity index is 377. The molecule has 19 heavy (non-hydrogen) atoms. The molecule has 0 heterocycles. The van der Waals surface area contributed by atoms with Gasteiger partial charge in [0.15, 0.2) is 0 Å². The molecule has 1 atom stereocenters. The predicted molar refractivity (Wildman–Crippen MR) is 83.6 cm³/mol. The third-order valence-electron chi connectivity index (χ3n) is 4.09. The van der Waals surface area contributed by atoms with Gasteiger partial charge in [0.2, 0.25) is 0 Å². The summed E-state index contributed by atoms with van der Waals surface area (Å²) in [5, 5.41) is 3.34. The van der Waals surface area contributed by atoms with Gasteiger partial charge < -0.3 is 10.1 Å². The van der Waals surface area contributed by atoms with Gasteiger partial charge in [-0.05, 0) is 50.0 Å². The second-order valence-electron chi connectivity index (χ2n) is 5.46. The quantitative estimate of drug-likeness (QED) is 0.809. The van der Waals surface area contributed by atoms with Crippen LogP contribution in [0.15, 0.2) is 28.7 Å². The highest BCUT2D eigenvalue weighted by atomic mass is 79.9. The summed E-state index contributed by atoms with van der Waals surface area (Å²) in [5.41, 5.74) is 0. The minimum atomic E-state index is 0.764. The first-order chi connectivity index (χ1) is 9.29. The summed E-state index contributed by atoms with van der Waals surface area (Å²) < 4.78 is 6.94. The van der Waals surface area contributed by atoms with E-state index in [1.807, 2.05) is 24.3 Å². The predicted octanol–water partition coefficient (Wildman–Crippen LogP) is 4.24. The summed E-state index contributed by atoms with van der Waals surface area (Å²) >= 11 is 3.47. The molecule has 1 aliphatic carbocycles. The molecule has 1 N–H and O–H groups in total. The van der Waals surface area contributed by atoms with E-state index in [1.165, 1.54) is 25.7 Å². The number of hydrogen-bond acceptors (Lipinski definition) is 2. The molecule has 106 valence electrons. The molecule has 1 aromatic carbocycles. The normalized spacial score (nSPS) is 17.6. The van der Waals surface area contributed by atoms with Crippen molar-refractivity contribution in [1.29, 1.82) is 0 Å². The van der Waals surface area contributed by atoms with Crippen LogP contribution in [0, 0.1) is 11.8 Å². The van der Waals surface area contributed by atoms with E-state index < -0.39 is 0 Å². The third-order valence-corrected chi connectivity index (χ3v) is 4.58. The fourth-order valence-electron chi connectivity index (χ4n) is 3.08. The van der Waals surface area contributed by atoms with Crippen LogP contribution in [0.5, 0.6) is 5.75 Å². The standard InChI is InChI=1S/C16H24BrNO/c1-18-12-14(13-5-2-3-6-13)9-10-19-16-8-4-7-15(17)11-16/h4,7-8,11,13-14,18H,2-3,5-6,9-10,12H2,1H3. The lowest BCUT2D eigenvalue weighted by molar-refractivity contribution is 0.232. The highest BCUT2D eigenvalue weighted by Gasteiger charge is 2.24. The van der Waals surface area contributed by atoms with Crippen molar-refractivity contribution in [2.75, 3.05) is 20.2 Å². The van der Waals surface area contributed by atoms with Crippen LogP contribution in [0.4, 0.5) is 0 Å². The minimum Gasteiger partial charge on any atom is -0.494 e. The monoisotopic (exact) mass is 325 g/mol. The summed E-state index contributed by atoms with van der Waals surface area (Å²) in [7, 11) is 2.05. The van der Waals surface area contributed by atoms with Crippen LogP contribution >= 0.6 is 15.9 Å². The highest BCUT2D eigenvalue weighted by molar-refractivity contribution is 9.10. The number of rotatable bonds is 7. The van der Waals surface area contributed by atoms with Gasteiger partial charge in [-0.1, -0.05) is 47.7 Å². The average Bonchev–Trinajstić information content (AvgIpc) is 2.91. The molecule has 0 bridgehead atoms. The molecule has 1 fully saturated rings. The molecule has 1 aliphatic rings. The second-order valence-corrected chi connectivity index (χ2v) is 6.37. The molecular formula is C16H24BrNO. The zero-order valence-electron chi connectivity index (χ0n) is 11.7. The lowest BCUT2D eigenvalue weighted by Crippen LogP contribution is -2.26. The van der Waals surface area contributed by atoms with Crippen LogP contribution in [-0.2, 0) is 0 Å². The summed E-state index contributed by atoms with van der Waals surface area (Å²) in [4.78, 5) is 0. The molecule has 1 saturated carbocycles. The van der Waals surface area contributed by atoms with Crippen molar-refractivity contribution >= 4 is 15.9 Å². The minimum absolute atomic E-state index is 0.764. The Labute approximate surface area is 125 Å². The van der Waals surface area contributed by atoms with Crippen molar-refractivity contribution in [2.24, 2.45) is 11.8 Å². The van der Waals surface area contributed by atoms with Crippen LogP contribution in [0.25, 0.3) is 0 Å². The van der Waals surface area contributed by atoms with Crippen molar-refractivity contribution in [1.82, 2.24) is 5.32 Å². The number of nitrogens with one attached hydrogen (secondary N) is 1. The molecule has 3 heteroatoms. The topological polar surface area (TPSA) is 21.3 Å². The number of benzene rings is 1.